The molecule has 0 aromatic heterocycles. The van der Waals surface area contributed by atoms with Gasteiger partial charge < -0.3 is 20.1 Å². The molecule has 1 aliphatic carbocycles. The molecule has 2 N–H and O–H groups in total. The predicted molar refractivity (Wildman–Crippen MR) is 122 cm³/mol. The number of hydrogen-bond donors (Lipinski definition) is 2. The fourth-order valence-corrected chi connectivity index (χ4v) is 4.73. The summed E-state index contributed by atoms with van der Waals surface area (Å²) < 4.78 is 5.49. The number of ether oxygens (including phenoxy) is 1. The van der Waals surface area contributed by atoms with Crippen LogP contribution in [-0.4, -0.2) is 53.2 Å². The molecule has 4 rings (SSSR count). The summed E-state index contributed by atoms with van der Waals surface area (Å²) in [6.07, 6.45) is 6.54. The van der Waals surface area contributed by atoms with E-state index in [4.69, 9.17) is 11.2 Å². The highest BCUT2D eigenvalue weighted by atomic mass is 16.5. The molecular weight excluding hydrogens is 420 g/mol. The van der Waals surface area contributed by atoms with Crippen LogP contribution in [0.5, 0.6) is 0 Å². The van der Waals surface area contributed by atoms with Crippen LogP contribution in [-0.2, 0) is 14.3 Å². The van der Waals surface area contributed by atoms with E-state index in [-0.39, 0.29) is 12.5 Å². The largest absolute Gasteiger partial charge is 0.481 e. The summed E-state index contributed by atoms with van der Waals surface area (Å²) in [6, 6.07) is 14.3. The molecular formula is C26H26N2O5. The Hall–Kier alpha value is -3.79. The van der Waals surface area contributed by atoms with Gasteiger partial charge >= 0.3 is 12.1 Å². The number of carbonyl (C=O) groups excluding carboxylic acids is 2. The molecule has 1 aliphatic heterocycles. The van der Waals surface area contributed by atoms with Crippen LogP contribution in [0, 0.1) is 12.3 Å². The van der Waals surface area contributed by atoms with Crippen molar-refractivity contribution in [2.24, 2.45) is 0 Å². The predicted octanol–water partition coefficient (Wildman–Crippen LogP) is 3.38. The van der Waals surface area contributed by atoms with Crippen LogP contribution in [0.4, 0.5) is 4.79 Å². The van der Waals surface area contributed by atoms with Gasteiger partial charge in [-0.05, 0) is 41.5 Å². The molecule has 2 aliphatic rings. The van der Waals surface area contributed by atoms with Crippen LogP contribution in [0.25, 0.3) is 11.1 Å². The zero-order chi connectivity index (χ0) is 23.4. The third kappa shape index (κ3) is 4.70. The maximum Gasteiger partial charge on any atom is 0.407 e. The van der Waals surface area contributed by atoms with Crippen molar-refractivity contribution in [3.8, 4) is 23.5 Å². The molecule has 2 aromatic carbocycles. The number of alkyl carbamates (subject to hydrolysis) is 1. The SMILES string of the molecule is C#CC1CCCCN1C(=O)C(CC(=O)O)NC(=O)OCC1c2ccccc2-c2ccccc21. The Bertz CT molecular complexity index is 1060. The lowest BCUT2D eigenvalue weighted by Crippen LogP contribution is -2.53. The first-order valence-corrected chi connectivity index (χ1v) is 11.1. The van der Waals surface area contributed by atoms with Crippen LogP contribution < -0.4 is 5.32 Å². The molecule has 0 saturated carbocycles. The van der Waals surface area contributed by atoms with Crippen molar-refractivity contribution >= 4 is 18.0 Å². The third-order valence-corrected chi connectivity index (χ3v) is 6.29. The third-order valence-electron chi connectivity index (χ3n) is 6.29. The number of carbonyl (C=O) groups is 3. The second kappa shape index (κ2) is 9.78. The summed E-state index contributed by atoms with van der Waals surface area (Å²) in [5, 5.41) is 11.7. The fraction of sp³-hybridized carbons (Fsp3) is 0.346. The van der Waals surface area contributed by atoms with Crippen LogP contribution in [0.2, 0.25) is 0 Å². The minimum atomic E-state index is -1.24. The van der Waals surface area contributed by atoms with E-state index in [1.54, 1.807) is 0 Å². The number of nitrogens with one attached hydrogen (secondary N) is 1. The molecule has 0 spiro atoms. The minimum Gasteiger partial charge on any atom is -0.481 e. The Labute approximate surface area is 192 Å². The quantitative estimate of drug-likeness (QED) is 0.664. The zero-order valence-corrected chi connectivity index (χ0v) is 18.2. The first-order valence-electron chi connectivity index (χ1n) is 11.1. The van der Waals surface area contributed by atoms with Gasteiger partial charge in [-0.25, -0.2) is 4.79 Å². The van der Waals surface area contributed by atoms with Gasteiger partial charge in [-0.2, -0.15) is 0 Å². The highest BCUT2D eigenvalue weighted by Gasteiger charge is 2.34. The Morgan fingerprint density at radius 1 is 1.09 bits per heavy atom. The lowest BCUT2D eigenvalue weighted by atomic mass is 9.98. The summed E-state index contributed by atoms with van der Waals surface area (Å²) in [5.41, 5.74) is 4.34. The molecule has 170 valence electrons. The average Bonchev–Trinajstić information content (AvgIpc) is 3.15. The smallest absolute Gasteiger partial charge is 0.407 e. The van der Waals surface area contributed by atoms with Gasteiger partial charge in [0.15, 0.2) is 0 Å². The van der Waals surface area contributed by atoms with E-state index in [9.17, 15) is 19.5 Å². The summed E-state index contributed by atoms with van der Waals surface area (Å²) in [4.78, 5) is 38.5. The number of benzene rings is 2. The van der Waals surface area contributed by atoms with Crippen molar-refractivity contribution in [1.29, 1.82) is 0 Å². The number of fused-ring (bicyclic) bond motifs is 3. The van der Waals surface area contributed by atoms with E-state index in [1.807, 2.05) is 48.5 Å². The van der Waals surface area contributed by atoms with Crippen LogP contribution in [0.3, 0.4) is 0 Å². The monoisotopic (exact) mass is 446 g/mol. The van der Waals surface area contributed by atoms with Gasteiger partial charge in [-0.1, -0.05) is 54.5 Å². The second-order valence-corrected chi connectivity index (χ2v) is 8.33. The Morgan fingerprint density at radius 2 is 1.73 bits per heavy atom. The first kappa shape index (κ1) is 22.4. The number of hydrogen-bond acceptors (Lipinski definition) is 4. The Morgan fingerprint density at radius 3 is 2.33 bits per heavy atom. The average molecular weight is 447 g/mol. The molecule has 1 fully saturated rings. The maximum absolute atomic E-state index is 13.0. The summed E-state index contributed by atoms with van der Waals surface area (Å²) >= 11 is 0. The molecule has 7 heteroatoms. The number of aliphatic carboxylic acids is 1. The van der Waals surface area contributed by atoms with Gasteiger partial charge in [0, 0.05) is 12.5 Å². The number of carboxylic acid groups (broad SMARTS) is 1. The minimum absolute atomic E-state index is 0.0739. The van der Waals surface area contributed by atoms with Gasteiger partial charge in [0.25, 0.3) is 0 Å². The van der Waals surface area contributed by atoms with E-state index in [0.29, 0.717) is 13.0 Å². The molecule has 0 radical (unpaired) electrons. The number of rotatable bonds is 6. The van der Waals surface area contributed by atoms with Crippen molar-refractivity contribution < 1.29 is 24.2 Å². The molecule has 33 heavy (non-hydrogen) atoms. The normalized spacial score (nSPS) is 17.9. The highest BCUT2D eigenvalue weighted by molar-refractivity contribution is 5.89. The topological polar surface area (TPSA) is 95.9 Å². The molecule has 1 heterocycles. The zero-order valence-electron chi connectivity index (χ0n) is 18.2. The fourth-order valence-electron chi connectivity index (χ4n) is 4.73. The van der Waals surface area contributed by atoms with Crippen molar-refractivity contribution in [2.75, 3.05) is 13.2 Å². The van der Waals surface area contributed by atoms with Gasteiger partial charge in [0.2, 0.25) is 5.91 Å². The lowest BCUT2D eigenvalue weighted by molar-refractivity contribution is -0.143. The van der Waals surface area contributed by atoms with E-state index in [1.165, 1.54) is 4.90 Å². The van der Waals surface area contributed by atoms with Crippen molar-refractivity contribution in [2.45, 2.75) is 43.7 Å². The lowest BCUT2D eigenvalue weighted by Gasteiger charge is -2.34. The van der Waals surface area contributed by atoms with Gasteiger partial charge in [-0.3, -0.25) is 9.59 Å². The molecule has 2 amide bonds. The van der Waals surface area contributed by atoms with Gasteiger partial charge in [0.05, 0.1) is 12.5 Å². The van der Waals surface area contributed by atoms with E-state index in [2.05, 4.69) is 11.2 Å². The Balaban J connectivity index is 1.45. The number of carboxylic acids is 1. The number of nitrogens with zero attached hydrogens (tertiary/aromatic N) is 1. The van der Waals surface area contributed by atoms with Crippen molar-refractivity contribution in [3.05, 3.63) is 59.7 Å². The first-order chi connectivity index (χ1) is 16.0. The van der Waals surface area contributed by atoms with E-state index < -0.39 is 36.5 Å². The molecule has 0 bridgehead atoms. The maximum atomic E-state index is 13.0. The molecule has 7 nitrogen and oxygen atoms in total. The summed E-state index contributed by atoms with van der Waals surface area (Å²) in [6.45, 7) is 0.515. The summed E-state index contributed by atoms with van der Waals surface area (Å²) in [7, 11) is 0. The Kier molecular flexibility index (Phi) is 6.64. The number of piperidine rings is 1. The van der Waals surface area contributed by atoms with Crippen molar-refractivity contribution in [3.63, 3.8) is 0 Å². The van der Waals surface area contributed by atoms with E-state index in [0.717, 1.165) is 35.1 Å². The number of terminal acetylenes is 1. The van der Waals surface area contributed by atoms with E-state index >= 15 is 0 Å². The second-order valence-electron chi connectivity index (χ2n) is 8.33. The molecule has 1 saturated heterocycles. The summed E-state index contributed by atoms with van der Waals surface area (Å²) in [5.74, 6) is 0.772. The molecule has 2 unspecified atom stereocenters. The highest BCUT2D eigenvalue weighted by Crippen LogP contribution is 2.44. The van der Waals surface area contributed by atoms with Gasteiger partial charge in [-0.15, -0.1) is 6.42 Å². The van der Waals surface area contributed by atoms with Crippen LogP contribution >= 0.6 is 0 Å². The van der Waals surface area contributed by atoms with Crippen LogP contribution in [0.1, 0.15) is 42.7 Å². The number of likely N-dealkylation sites (tertiary alicyclic amines) is 1. The molecule has 2 aromatic rings. The molecule has 2 atom stereocenters. The van der Waals surface area contributed by atoms with Crippen molar-refractivity contribution in [1.82, 2.24) is 10.2 Å². The van der Waals surface area contributed by atoms with Crippen LogP contribution in [0.15, 0.2) is 48.5 Å². The standard InChI is InChI=1S/C26H26N2O5/c1-2-17-9-7-8-14-28(17)25(31)23(15-24(29)30)27-26(32)33-16-22-20-12-5-3-10-18(20)19-11-4-6-13-21(19)22/h1,3-6,10-13,17,22-23H,7-9,14-16H2,(H,27,32)(H,29,30). The number of amides is 2. The van der Waals surface area contributed by atoms with Gasteiger partial charge in [0.1, 0.15) is 12.6 Å².